The van der Waals surface area contributed by atoms with Crippen molar-refractivity contribution in [1.82, 2.24) is 5.32 Å². The molecule has 0 bridgehead atoms. The van der Waals surface area contributed by atoms with E-state index in [1.54, 1.807) is 24.3 Å². The van der Waals surface area contributed by atoms with Crippen molar-refractivity contribution in [3.8, 4) is 0 Å². The molecule has 0 aromatic heterocycles. The van der Waals surface area contributed by atoms with Gasteiger partial charge in [0.1, 0.15) is 6.10 Å². The van der Waals surface area contributed by atoms with Crippen LogP contribution >= 0.6 is 0 Å². The molecule has 2 unspecified atom stereocenters. The largest absolute Gasteiger partial charge is 0.442 e. The second-order valence-corrected chi connectivity index (χ2v) is 5.86. The van der Waals surface area contributed by atoms with E-state index in [-0.39, 0.29) is 18.7 Å². The zero-order valence-electron chi connectivity index (χ0n) is 14.1. The Morgan fingerprint density at radius 1 is 1.08 bits per heavy atom. The number of ether oxygens (including phenoxy) is 1. The lowest BCUT2D eigenvalue weighted by atomic mass is 10.0. The van der Waals surface area contributed by atoms with Crippen molar-refractivity contribution >= 4 is 12.0 Å². The Morgan fingerprint density at radius 3 is 2.32 bits per heavy atom. The predicted octanol–water partition coefficient (Wildman–Crippen LogP) is 2.14. The van der Waals surface area contributed by atoms with Gasteiger partial charge in [0.15, 0.2) is 0 Å². The summed E-state index contributed by atoms with van der Waals surface area (Å²) in [6.07, 6.45) is -0.275. The van der Waals surface area contributed by atoms with Crippen molar-refractivity contribution in [2.45, 2.75) is 25.5 Å². The highest BCUT2D eigenvalue weighted by Crippen LogP contribution is 2.15. The Balaban J connectivity index is 1.76. The molecule has 5 N–H and O–H groups in total. The standard InChI is InChI=1S/C19H23N3O3/c1-13(15-5-3-2-4-6-15)25-19(24)22-12-17(20)11-14-7-9-16(10-8-14)18(21)23/h2-10,13,17H,11-12,20H2,1H3,(H2,21,23)(H,22,24). The van der Waals surface area contributed by atoms with Gasteiger partial charge in [0, 0.05) is 18.2 Å². The van der Waals surface area contributed by atoms with Gasteiger partial charge in [-0.3, -0.25) is 4.79 Å². The van der Waals surface area contributed by atoms with E-state index in [1.807, 2.05) is 37.3 Å². The maximum Gasteiger partial charge on any atom is 0.407 e. The molecule has 2 rings (SSSR count). The zero-order valence-corrected chi connectivity index (χ0v) is 14.1. The van der Waals surface area contributed by atoms with E-state index in [4.69, 9.17) is 16.2 Å². The van der Waals surface area contributed by atoms with Gasteiger partial charge in [0.2, 0.25) is 5.91 Å². The first-order valence-corrected chi connectivity index (χ1v) is 8.09. The third-order valence-corrected chi connectivity index (χ3v) is 3.80. The molecular formula is C19H23N3O3. The van der Waals surface area contributed by atoms with Crippen LogP contribution < -0.4 is 16.8 Å². The molecule has 0 aliphatic rings. The number of primary amides is 1. The first-order valence-electron chi connectivity index (χ1n) is 8.09. The van der Waals surface area contributed by atoms with E-state index in [0.717, 1.165) is 11.1 Å². The van der Waals surface area contributed by atoms with Crippen LogP contribution in [0.25, 0.3) is 0 Å². The highest BCUT2D eigenvalue weighted by Gasteiger charge is 2.12. The maximum atomic E-state index is 11.9. The van der Waals surface area contributed by atoms with Gasteiger partial charge >= 0.3 is 6.09 Å². The summed E-state index contributed by atoms with van der Waals surface area (Å²) in [7, 11) is 0. The van der Waals surface area contributed by atoms with Gasteiger partial charge in [0.25, 0.3) is 0 Å². The molecule has 2 aromatic rings. The summed E-state index contributed by atoms with van der Waals surface area (Å²) < 4.78 is 5.32. The average Bonchev–Trinajstić information content (AvgIpc) is 2.61. The molecule has 0 heterocycles. The Kier molecular flexibility index (Phi) is 6.54. The fraction of sp³-hybridized carbons (Fsp3) is 0.263. The van der Waals surface area contributed by atoms with E-state index >= 15 is 0 Å². The number of benzene rings is 2. The monoisotopic (exact) mass is 341 g/mol. The SMILES string of the molecule is CC(OC(=O)NCC(N)Cc1ccc(C(N)=O)cc1)c1ccccc1. The van der Waals surface area contributed by atoms with Crippen LogP contribution in [0, 0.1) is 0 Å². The van der Waals surface area contributed by atoms with Crippen LogP contribution in [0.4, 0.5) is 4.79 Å². The average molecular weight is 341 g/mol. The highest BCUT2D eigenvalue weighted by molar-refractivity contribution is 5.92. The Hall–Kier alpha value is -2.86. The fourth-order valence-electron chi connectivity index (χ4n) is 2.39. The molecule has 0 saturated heterocycles. The van der Waals surface area contributed by atoms with Crippen molar-refractivity contribution in [1.29, 1.82) is 0 Å². The summed E-state index contributed by atoms with van der Waals surface area (Å²) in [5.74, 6) is -0.465. The number of nitrogens with two attached hydrogens (primary N) is 2. The van der Waals surface area contributed by atoms with Crippen molar-refractivity contribution < 1.29 is 14.3 Å². The molecule has 0 aliphatic carbocycles. The van der Waals surface area contributed by atoms with E-state index < -0.39 is 12.0 Å². The van der Waals surface area contributed by atoms with Crippen molar-refractivity contribution in [2.24, 2.45) is 11.5 Å². The van der Waals surface area contributed by atoms with Crippen LogP contribution in [0.15, 0.2) is 54.6 Å². The van der Waals surface area contributed by atoms with Gasteiger partial charge in [-0.05, 0) is 36.6 Å². The maximum absolute atomic E-state index is 11.9. The molecule has 0 saturated carbocycles. The van der Waals surface area contributed by atoms with Gasteiger partial charge in [-0.1, -0.05) is 42.5 Å². The molecule has 2 amide bonds. The summed E-state index contributed by atoms with van der Waals surface area (Å²) >= 11 is 0. The van der Waals surface area contributed by atoms with Crippen LogP contribution in [0.5, 0.6) is 0 Å². The van der Waals surface area contributed by atoms with Gasteiger partial charge < -0.3 is 21.5 Å². The molecule has 2 atom stereocenters. The van der Waals surface area contributed by atoms with E-state index in [1.165, 1.54) is 0 Å². The first-order chi connectivity index (χ1) is 12.0. The number of alkyl carbamates (subject to hydrolysis) is 1. The first kappa shape index (κ1) is 18.5. The van der Waals surface area contributed by atoms with Gasteiger partial charge in [-0.2, -0.15) is 0 Å². The zero-order chi connectivity index (χ0) is 18.2. The highest BCUT2D eigenvalue weighted by atomic mass is 16.6. The molecule has 0 aliphatic heterocycles. The molecule has 25 heavy (non-hydrogen) atoms. The molecule has 0 spiro atoms. The summed E-state index contributed by atoms with van der Waals surface area (Å²) in [6.45, 7) is 2.10. The van der Waals surface area contributed by atoms with Crippen LogP contribution in [-0.2, 0) is 11.2 Å². The van der Waals surface area contributed by atoms with E-state index in [2.05, 4.69) is 5.32 Å². The summed E-state index contributed by atoms with van der Waals surface area (Å²) in [4.78, 5) is 22.9. The molecule has 6 heteroatoms. The smallest absolute Gasteiger partial charge is 0.407 e. The van der Waals surface area contributed by atoms with Gasteiger partial charge in [0.05, 0.1) is 0 Å². The Morgan fingerprint density at radius 2 is 1.72 bits per heavy atom. The summed E-state index contributed by atoms with van der Waals surface area (Å²) in [5.41, 5.74) is 13.6. The minimum atomic E-state index is -0.504. The number of amides is 2. The Labute approximate surface area is 147 Å². The number of hydrogen-bond acceptors (Lipinski definition) is 4. The molecular weight excluding hydrogens is 318 g/mol. The van der Waals surface area contributed by atoms with Crippen LogP contribution in [0.3, 0.4) is 0 Å². The minimum Gasteiger partial charge on any atom is -0.442 e. The summed E-state index contributed by atoms with van der Waals surface area (Å²) in [5, 5.41) is 2.67. The molecule has 0 radical (unpaired) electrons. The number of hydrogen-bond donors (Lipinski definition) is 3. The number of rotatable bonds is 7. The quantitative estimate of drug-likeness (QED) is 0.717. The minimum absolute atomic E-state index is 0.265. The van der Waals surface area contributed by atoms with Crippen LogP contribution in [0.2, 0.25) is 0 Å². The normalized spacial score (nSPS) is 12.9. The van der Waals surface area contributed by atoms with Crippen LogP contribution in [0.1, 0.15) is 34.5 Å². The summed E-state index contributed by atoms with van der Waals surface area (Å²) in [6, 6.07) is 16.2. The second kappa shape index (κ2) is 8.84. The van der Waals surface area contributed by atoms with Crippen molar-refractivity contribution in [3.63, 3.8) is 0 Å². The molecule has 6 nitrogen and oxygen atoms in total. The van der Waals surface area contributed by atoms with Crippen LogP contribution in [-0.4, -0.2) is 24.6 Å². The van der Waals surface area contributed by atoms with E-state index in [9.17, 15) is 9.59 Å². The number of carbonyl (C=O) groups is 2. The lowest BCUT2D eigenvalue weighted by Crippen LogP contribution is -2.39. The van der Waals surface area contributed by atoms with E-state index in [0.29, 0.717) is 12.0 Å². The molecule has 132 valence electrons. The van der Waals surface area contributed by atoms with Gasteiger partial charge in [-0.15, -0.1) is 0 Å². The predicted molar refractivity (Wildman–Crippen MR) is 96.0 cm³/mol. The third kappa shape index (κ3) is 5.93. The van der Waals surface area contributed by atoms with Crippen molar-refractivity contribution in [3.05, 3.63) is 71.3 Å². The van der Waals surface area contributed by atoms with Gasteiger partial charge in [-0.25, -0.2) is 4.79 Å². The number of nitrogens with one attached hydrogen (secondary N) is 1. The second-order valence-electron chi connectivity index (χ2n) is 5.86. The Bertz CT molecular complexity index is 702. The fourth-order valence-corrected chi connectivity index (χ4v) is 2.39. The third-order valence-electron chi connectivity index (χ3n) is 3.80. The van der Waals surface area contributed by atoms with Crippen molar-refractivity contribution in [2.75, 3.05) is 6.54 Å². The topological polar surface area (TPSA) is 107 Å². The lowest BCUT2D eigenvalue weighted by molar-refractivity contribution is 0.0999. The lowest BCUT2D eigenvalue weighted by Gasteiger charge is -2.16. The molecule has 0 fully saturated rings. The number of carbonyl (C=O) groups excluding carboxylic acids is 2. The molecule has 2 aromatic carbocycles.